The Bertz CT molecular complexity index is 159. The van der Waals surface area contributed by atoms with Gasteiger partial charge in [0.2, 0.25) is 0 Å². The number of hydrogen-bond donors (Lipinski definition) is 0. The molecular formula is C12H28BBrN2. The lowest BCUT2D eigenvalue weighted by molar-refractivity contribution is 0.234. The van der Waals surface area contributed by atoms with Crippen LogP contribution in [-0.2, 0) is 0 Å². The summed E-state index contributed by atoms with van der Waals surface area (Å²) >= 11 is 3.86. The summed E-state index contributed by atoms with van der Waals surface area (Å²) < 4.78 is 0. The van der Waals surface area contributed by atoms with Gasteiger partial charge < -0.3 is 9.62 Å². The van der Waals surface area contributed by atoms with E-state index in [0.717, 1.165) is 0 Å². The number of nitrogens with zero attached hydrogens (tertiary/aromatic N) is 2. The first-order valence-corrected chi connectivity index (χ1v) is 7.30. The second-order valence-electron chi connectivity index (χ2n) is 5.58. The molecule has 0 unspecified atom stereocenters. The van der Waals surface area contributed by atoms with E-state index in [2.05, 4.69) is 80.8 Å². The lowest BCUT2D eigenvalue weighted by Gasteiger charge is -2.42. The smallest absolute Gasteiger partial charge is 0.314 e. The topological polar surface area (TPSA) is 6.48 Å². The Morgan fingerprint density at radius 1 is 0.625 bits per heavy atom. The molecule has 2 nitrogen and oxygen atoms in total. The molecule has 16 heavy (non-hydrogen) atoms. The van der Waals surface area contributed by atoms with E-state index < -0.39 is 0 Å². The molecule has 0 amide bonds. The molecule has 0 saturated heterocycles. The maximum atomic E-state index is 3.86. The molecule has 96 valence electrons. The third-order valence-electron chi connectivity index (χ3n) is 2.88. The minimum Gasteiger partial charge on any atom is -0.314 e. The van der Waals surface area contributed by atoms with Crippen molar-refractivity contribution in [3.8, 4) is 0 Å². The Morgan fingerprint density at radius 2 is 0.812 bits per heavy atom. The molecule has 0 aromatic rings. The Kier molecular flexibility index (Phi) is 7.23. The number of halogens is 1. The third-order valence-corrected chi connectivity index (χ3v) is 3.82. The van der Waals surface area contributed by atoms with Crippen LogP contribution < -0.4 is 0 Å². The fourth-order valence-corrected chi connectivity index (χ4v) is 4.22. The highest BCUT2D eigenvalue weighted by Crippen LogP contribution is 2.20. The Morgan fingerprint density at radius 3 is 0.938 bits per heavy atom. The SMILES string of the molecule is CC(C)N(B(Br)N(C(C)C)C(C)C)C(C)C. The molecule has 0 aliphatic heterocycles. The molecule has 0 rings (SSSR count). The average Bonchev–Trinajstić information content (AvgIpc) is 1.99. The summed E-state index contributed by atoms with van der Waals surface area (Å²) in [6.07, 6.45) is 0. The van der Waals surface area contributed by atoms with E-state index in [9.17, 15) is 0 Å². The highest BCUT2D eigenvalue weighted by atomic mass is 79.9. The Labute approximate surface area is 111 Å². The van der Waals surface area contributed by atoms with Gasteiger partial charge in [-0.2, -0.15) is 0 Å². The summed E-state index contributed by atoms with van der Waals surface area (Å²) in [6.45, 7) is 18.1. The summed E-state index contributed by atoms with van der Waals surface area (Å²) in [4.78, 5) is 5.00. The second-order valence-corrected chi connectivity index (χ2v) is 6.40. The monoisotopic (exact) mass is 290 g/mol. The van der Waals surface area contributed by atoms with E-state index in [1.54, 1.807) is 0 Å². The van der Waals surface area contributed by atoms with Crippen molar-refractivity contribution < 1.29 is 0 Å². The van der Waals surface area contributed by atoms with Gasteiger partial charge >= 0.3 is 5.81 Å². The van der Waals surface area contributed by atoms with Crippen molar-refractivity contribution in [2.75, 3.05) is 0 Å². The molecule has 4 heteroatoms. The van der Waals surface area contributed by atoms with E-state index in [-0.39, 0.29) is 0 Å². The summed E-state index contributed by atoms with van der Waals surface area (Å²) in [7, 11) is 0. The molecule has 0 radical (unpaired) electrons. The van der Waals surface area contributed by atoms with E-state index >= 15 is 0 Å². The van der Waals surface area contributed by atoms with Crippen molar-refractivity contribution in [3.05, 3.63) is 0 Å². The van der Waals surface area contributed by atoms with Crippen LogP contribution in [0.2, 0.25) is 0 Å². The van der Waals surface area contributed by atoms with Crippen LogP contribution in [0.3, 0.4) is 0 Å². The van der Waals surface area contributed by atoms with Gasteiger partial charge in [-0.05, 0) is 24.2 Å². The zero-order valence-corrected chi connectivity index (χ0v) is 13.7. The molecule has 0 aromatic heterocycles. The lowest BCUT2D eigenvalue weighted by atomic mass is 9.93. The molecule has 0 N–H and O–H groups in total. The average molecular weight is 291 g/mol. The first kappa shape index (κ1) is 16.5. The summed E-state index contributed by atoms with van der Waals surface area (Å²) in [5.74, 6) is 0.312. The number of rotatable bonds is 6. The van der Waals surface area contributed by atoms with Gasteiger partial charge in [0.05, 0.1) is 0 Å². The van der Waals surface area contributed by atoms with Crippen molar-refractivity contribution in [1.82, 2.24) is 9.62 Å². The molecule has 0 bridgehead atoms. The minimum atomic E-state index is 0.312. The van der Waals surface area contributed by atoms with E-state index in [1.165, 1.54) is 0 Å². The van der Waals surface area contributed by atoms with Gasteiger partial charge in [0.1, 0.15) is 0 Å². The van der Waals surface area contributed by atoms with Crippen molar-refractivity contribution in [2.24, 2.45) is 0 Å². The molecule has 0 heterocycles. The zero-order chi connectivity index (χ0) is 13.0. The first-order chi connectivity index (χ1) is 7.20. The van der Waals surface area contributed by atoms with Gasteiger partial charge in [0.25, 0.3) is 0 Å². The van der Waals surface area contributed by atoms with Crippen LogP contribution in [0.15, 0.2) is 0 Å². The quantitative estimate of drug-likeness (QED) is 0.690. The van der Waals surface area contributed by atoms with E-state index in [1.807, 2.05) is 0 Å². The number of hydrogen-bond acceptors (Lipinski definition) is 2. The second kappa shape index (κ2) is 7.02. The van der Waals surface area contributed by atoms with Gasteiger partial charge in [0, 0.05) is 0 Å². The Balaban J connectivity index is 4.88. The molecular weight excluding hydrogens is 263 g/mol. The summed E-state index contributed by atoms with van der Waals surface area (Å²) in [6, 6.07) is 2.18. The first-order valence-electron chi connectivity index (χ1n) is 6.39. The maximum absolute atomic E-state index is 3.86. The van der Waals surface area contributed by atoms with Crippen LogP contribution in [0.1, 0.15) is 55.4 Å². The van der Waals surface area contributed by atoms with Crippen molar-refractivity contribution in [1.29, 1.82) is 0 Å². The van der Waals surface area contributed by atoms with Crippen LogP contribution in [0, 0.1) is 0 Å². The van der Waals surface area contributed by atoms with E-state index in [0.29, 0.717) is 30.0 Å². The molecule has 0 atom stereocenters. The molecule has 0 aliphatic carbocycles. The minimum absolute atomic E-state index is 0.312. The van der Waals surface area contributed by atoms with Gasteiger partial charge in [-0.25, -0.2) is 0 Å². The maximum Gasteiger partial charge on any atom is 0.391 e. The van der Waals surface area contributed by atoms with Crippen molar-refractivity contribution >= 4 is 21.6 Å². The van der Waals surface area contributed by atoms with Gasteiger partial charge in [-0.15, -0.1) is 15.8 Å². The highest BCUT2D eigenvalue weighted by Gasteiger charge is 2.34. The molecule has 0 aromatic carbocycles. The molecule has 0 spiro atoms. The van der Waals surface area contributed by atoms with E-state index in [4.69, 9.17) is 0 Å². The normalized spacial score (nSPS) is 12.9. The highest BCUT2D eigenvalue weighted by molar-refractivity contribution is 9.24. The Hall–Kier alpha value is 0.465. The van der Waals surface area contributed by atoms with Crippen molar-refractivity contribution in [3.63, 3.8) is 0 Å². The van der Waals surface area contributed by atoms with Crippen LogP contribution >= 0.6 is 15.8 Å². The van der Waals surface area contributed by atoms with Gasteiger partial charge in [-0.1, -0.05) is 55.4 Å². The van der Waals surface area contributed by atoms with Crippen LogP contribution in [-0.4, -0.2) is 39.6 Å². The van der Waals surface area contributed by atoms with Crippen LogP contribution in [0.5, 0.6) is 0 Å². The summed E-state index contributed by atoms with van der Waals surface area (Å²) in [5, 5.41) is 0. The largest absolute Gasteiger partial charge is 0.391 e. The lowest BCUT2D eigenvalue weighted by Crippen LogP contribution is -2.58. The van der Waals surface area contributed by atoms with Crippen molar-refractivity contribution in [2.45, 2.75) is 79.6 Å². The van der Waals surface area contributed by atoms with Crippen LogP contribution in [0.25, 0.3) is 0 Å². The predicted octanol–water partition coefficient (Wildman–Crippen LogP) is 3.60. The van der Waals surface area contributed by atoms with Gasteiger partial charge in [0.15, 0.2) is 0 Å². The fourth-order valence-electron chi connectivity index (χ4n) is 2.33. The molecule has 0 fully saturated rings. The summed E-state index contributed by atoms with van der Waals surface area (Å²) in [5.41, 5.74) is 0. The van der Waals surface area contributed by atoms with Crippen LogP contribution in [0.4, 0.5) is 0 Å². The fraction of sp³-hybridized carbons (Fsp3) is 1.00. The molecule has 0 aliphatic rings. The predicted molar refractivity (Wildman–Crippen MR) is 78.9 cm³/mol. The standard InChI is InChI=1S/C12H28BBrN2/c1-9(2)15(10(3)4)13(14)16(11(5)6)12(7)8/h9-12H,1-8H3. The molecule has 0 saturated carbocycles. The zero-order valence-electron chi connectivity index (χ0n) is 12.2. The van der Waals surface area contributed by atoms with Gasteiger partial charge in [-0.3, -0.25) is 0 Å². The third kappa shape index (κ3) is 4.38.